The summed E-state index contributed by atoms with van der Waals surface area (Å²) in [7, 11) is 0. The number of aliphatic hydroxyl groups excluding tert-OH is 1. The Labute approximate surface area is 406 Å². The van der Waals surface area contributed by atoms with Gasteiger partial charge in [-0.15, -0.1) is 0 Å². The van der Waals surface area contributed by atoms with E-state index in [1.165, 1.54) is 62.8 Å². The number of benzene rings is 3. The number of hydrogen-bond acceptors (Lipinski definition) is 12. The van der Waals surface area contributed by atoms with Gasteiger partial charge in [-0.05, 0) is 148 Å². The lowest BCUT2D eigenvalue weighted by Crippen LogP contribution is -2.44. The van der Waals surface area contributed by atoms with Crippen LogP contribution in [0.4, 0.5) is 11.4 Å². The molecule has 2 saturated carbocycles. The zero-order valence-corrected chi connectivity index (χ0v) is 41.1. The summed E-state index contributed by atoms with van der Waals surface area (Å²) in [6.07, 6.45) is 23.7. The second-order valence-corrected chi connectivity index (χ2v) is 18.7. The second kappa shape index (κ2) is 30.8. The Hall–Kier alpha value is -4.56. The van der Waals surface area contributed by atoms with Crippen LogP contribution in [0.3, 0.4) is 0 Å². The van der Waals surface area contributed by atoms with Crippen molar-refractivity contribution in [2.24, 2.45) is 11.8 Å². The number of nitrogen functional groups attached to an aromatic ring is 2. The van der Waals surface area contributed by atoms with E-state index in [-0.39, 0.29) is 11.3 Å². The number of allylic oxidation sites excluding steroid dienone is 1. The molecule has 12 nitrogen and oxygen atoms in total. The molecule has 3 aromatic carbocycles. The normalized spacial score (nSPS) is 19.2. The number of unbranched alkanes of at least 4 members (excludes halogenated alkanes) is 6. The maximum absolute atomic E-state index is 13.5. The molecule has 0 saturated heterocycles. The summed E-state index contributed by atoms with van der Waals surface area (Å²) in [5.74, 6) is -3.27. The summed E-state index contributed by atoms with van der Waals surface area (Å²) >= 11 is 0. The number of nitrogens with two attached hydrogens (primary N) is 2. The van der Waals surface area contributed by atoms with E-state index in [4.69, 9.17) is 40.6 Å². The summed E-state index contributed by atoms with van der Waals surface area (Å²) in [6.45, 7) is 9.15. The van der Waals surface area contributed by atoms with Gasteiger partial charge in [0.25, 0.3) is 0 Å². The van der Waals surface area contributed by atoms with Crippen LogP contribution in [0, 0.1) is 11.8 Å². The molecule has 5 rings (SSSR count). The molecule has 68 heavy (non-hydrogen) atoms. The van der Waals surface area contributed by atoms with E-state index >= 15 is 0 Å². The van der Waals surface area contributed by atoms with Crippen LogP contribution in [0.2, 0.25) is 0 Å². The highest BCUT2D eigenvalue weighted by atomic mass is 16.5. The number of ketones is 2. The Morgan fingerprint density at radius 2 is 1.10 bits per heavy atom. The zero-order valence-electron chi connectivity index (χ0n) is 41.1. The Morgan fingerprint density at radius 3 is 1.53 bits per heavy atom. The molecule has 1 atom stereocenters. The lowest BCUT2D eigenvalue weighted by molar-refractivity contribution is -0.187. The first-order valence-corrected chi connectivity index (χ1v) is 25.4. The van der Waals surface area contributed by atoms with Crippen molar-refractivity contribution in [3.63, 3.8) is 0 Å². The van der Waals surface area contributed by atoms with Crippen LogP contribution < -0.4 is 20.9 Å². The Kier molecular flexibility index (Phi) is 25.4. The summed E-state index contributed by atoms with van der Waals surface area (Å²) in [6, 6.07) is 19.3. The molecule has 0 aromatic heterocycles. The number of ether oxygens (including phenoxy) is 4. The largest absolute Gasteiger partial charge is 0.493 e. The number of hydrogen-bond donors (Lipinski definition) is 6. The highest BCUT2D eigenvalue weighted by Gasteiger charge is 2.43. The maximum atomic E-state index is 13.5. The minimum Gasteiger partial charge on any atom is -0.493 e. The van der Waals surface area contributed by atoms with Crippen LogP contribution in [0.15, 0.2) is 78.9 Å². The summed E-state index contributed by atoms with van der Waals surface area (Å²) in [5.41, 5.74) is 14.4. The lowest BCUT2D eigenvalue weighted by atomic mass is 9.82. The van der Waals surface area contributed by atoms with Crippen LogP contribution >= 0.6 is 0 Å². The smallest absolute Gasteiger partial charge is 0.235 e. The lowest BCUT2D eigenvalue weighted by Gasteiger charge is -2.30. The summed E-state index contributed by atoms with van der Waals surface area (Å²) in [5, 5.41) is 38.7. The standard InChI is InChI=1S/C53H74N2O8.C3H8O2/c1-3-5-7-9-33-60-45-27-16-41(17-28-45)37-62-47-23-12-39(13-24-47)11-22-44(56)36-50(49-31-21-43(54)35-51(49)55)53(58,59)52(57)32-20-40-14-25-48(26-15-40)63-38-42-18-29-46(30-19-42)61-34-10-8-6-4-2;1-2-3(4)5/h11-15,20-26,31-32,35,41-42,45-46,50,58-59H,3-10,16-19,27-30,33-34,36-38,54-55H2,1-2H3;3-5H,2H2,1H3/b22-11+,32-20+;. The van der Waals surface area contributed by atoms with Crippen molar-refractivity contribution in [2.75, 3.05) is 37.9 Å². The Bertz CT molecular complexity index is 1930. The molecule has 0 radical (unpaired) electrons. The second-order valence-electron chi connectivity index (χ2n) is 18.7. The van der Waals surface area contributed by atoms with Gasteiger partial charge in [-0.2, -0.15) is 0 Å². The van der Waals surface area contributed by atoms with Gasteiger partial charge in [0.05, 0.1) is 31.3 Å². The average molecular weight is 943 g/mol. The van der Waals surface area contributed by atoms with E-state index in [0.717, 1.165) is 101 Å². The van der Waals surface area contributed by atoms with Crippen molar-refractivity contribution >= 4 is 35.1 Å². The molecule has 0 amide bonds. The first-order valence-electron chi connectivity index (χ1n) is 25.4. The van der Waals surface area contributed by atoms with E-state index in [1.807, 2.05) is 36.4 Å². The van der Waals surface area contributed by atoms with Gasteiger partial charge in [-0.3, -0.25) is 9.59 Å². The molecule has 8 N–H and O–H groups in total. The van der Waals surface area contributed by atoms with Gasteiger partial charge < -0.3 is 50.8 Å². The molecule has 0 heterocycles. The predicted octanol–water partition coefficient (Wildman–Crippen LogP) is 10.3. The minimum atomic E-state index is -2.95. The molecule has 0 spiro atoms. The maximum Gasteiger partial charge on any atom is 0.235 e. The molecule has 2 fully saturated rings. The van der Waals surface area contributed by atoms with Gasteiger partial charge in [0.2, 0.25) is 11.6 Å². The van der Waals surface area contributed by atoms with Gasteiger partial charge in [0, 0.05) is 31.0 Å². The molecule has 1 unspecified atom stereocenters. The molecule has 2 aliphatic rings. The van der Waals surface area contributed by atoms with Crippen LogP contribution in [0.1, 0.15) is 159 Å². The fourth-order valence-corrected chi connectivity index (χ4v) is 8.57. The third-order valence-electron chi connectivity index (χ3n) is 13.0. The van der Waals surface area contributed by atoms with Crippen molar-refractivity contribution in [3.8, 4) is 11.5 Å². The van der Waals surface area contributed by atoms with Gasteiger partial charge >= 0.3 is 0 Å². The predicted molar refractivity (Wildman–Crippen MR) is 272 cm³/mol. The molecule has 12 heteroatoms. The van der Waals surface area contributed by atoms with Gasteiger partial charge in [-0.25, -0.2) is 0 Å². The van der Waals surface area contributed by atoms with Gasteiger partial charge in [0.1, 0.15) is 11.5 Å². The highest BCUT2D eigenvalue weighted by Crippen LogP contribution is 2.36. The number of carbonyl (C=O) groups excluding carboxylic acids is 2. The molecule has 3 aromatic rings. The first kappa shape index (κ1) is 56.0. The number of carbonyl (C=O) groups is 2. The summed E-state index contributed by atoms with van der Waals surface area (Å²) < 4.78 is 24.4. The van der Waals surface area contributed by atoms with E-state index in [1.54, 1.807) is 31.2 Å². The minimum absolute atomic E-state index is 0.144. The third-order valence-corrected chi connectivity index (χ3v) is 13.0. The van der Waals surface area contributed by atoms with Crippen molar-refractivity contribution in [1.29, 1.82) is 0 Å². The topological polar surface area (TPSA) is 204 Å². The van der Waals surface area contributed by atoms with Gasteiger partial charge in [-0.1, -0.05) is 102 Å². The SMILES string of the molecule is CCC(O)O.CCCCCCOC1CCC(COc2ccc(/C=C/C(=O)CC(c3ccc(N)cc3N)C(O)(O)C(=O)/C=C/c3ccc(OCC4CCC(OCCCCCC)CC4)cc3)cc2)CC1. The quantitative estimate of drug-likeness (QED) is 0.0174. The van der Waals surface area contributed by atoms with Crippen molar-refractivity contribution in [3.05, 3.63) is 95.6 Å². The molecule has 2 aliphatic carbocycles. The third kappa shape index (κ3) is 20.6. The number of aliphatic hydroxyl groups is 4. The molecular formula is C56H82N2O10. The van der Waals surface area contributed by atoms with E-state index < -0.39 is 36.0 Å². The van der Waals surface area contributed by atoms with Crippen molar-refractivity contribution in [2.45, 2.75) is 167 Å². The Morgan fingerprint density at radius 1 is 0.647 bits per heavy atom. The molecular weight excluding hydrogens is 861 g/mol. The molecule has 0 aliphatic heterocycles. The monoisotopic (exact) mass is 943 g/mol. The fraction of sp³-hybridized carbons (Fsp3) is 0.571. The molecule has 0 bridgehead atoms. The zero-order chi connectivity index (χ0) is 49.2. The van der Waals surface area contributed by atoms with Crippen LogP contribution in [0.5, 0.6) is 11.5 Å². The molecule has 376 valence electrons. The first-order chi connectivity index (χ1) is 32.8. The number of rotatable bonds is 28. The van der Waals surface area contributed by atoms with Gasteiger partial charge in [0.15, 0.2) is 12.1 Å². The van der Waals surface area contributed by atoms with Crippen molar-refractivity contribution in [1.82, 2.24) is 0 Å². The van der Waals surface area contributed by atoms with Crippen LogP contribution in [0.25, 0.3) is 12.2 Å². The fourth-order valence-electron chi connectivity index (χ4n) is 8.57. The average Bonchev–Trinajstić information content (AvgIpc) is 3.34. The highest BCUT2D eigenvalue weighted by molar-refractivity contribution is 6.01. The van der Waals surface area contributed by atoms with E-state index in [2.05, 4.69) is 13.8 Å². The van der Waals surface area contributed by atoms with Crippen LogP contribution in [-0.4, -0.2) is 82.7 Å². The Balaban J connectivity index is 0.00000191. The number of anilines is 2. The summed E-state index contributed by atoms with van der Waals surface area (Å²) in [4.78, 5) is 26.9. The van der Waals surface area contributed by atoms with E-state index in [9.17, 15) is 19.8 Å². The van der Waals surface area contributed by atoms with Crippen molar-refractivity contribution < 1.29 is 49.0 Å². The van der Waals surface area contributed by atoms with E-state index in [0.29, 0.717) is 54.9 Å². The van der Waals surface area contributed by atoms with Crippen LogP contribution in [-0.2, 0) is 19.1 Å².